The maximum Gasteiger partial charge on any atom is 0.243 e. The van der Waals surface area contributed by atoms with Crippen LogP contribution in [-0.2, 0) is 20.2 Å². The monoisotopic (exact) mass is 409 g/mol. The predicted molar refractivity (Wildman–Crippen MR) is 103 cm³/mol. The van der Waals surface area contributed by atoms with Gasteiger partial charge in [0.2, 0.25) is 15.3 Å². The highest BCUT2D eigenvalue weighted by Crippen LogP contribution is 2.40. The van der Waals surface area contributed by atoms with Crippen molar-refractivity contribution in [2.24, 2.45) is 0 Å². The molecule has 0 amide bonds. The Morgan fingerprint density at radius 2 is 1.67 bits per heavy atom. The van der Waals surface area contributed by atoms with Crippen LogP contribution >= 0.6 is 11.6 Å². The molecular weight excluding hydrogens is 389 g/mol. The highest BCUT2D eigenvalue weighted by atomic mass is 35.5. The molecule has 1 saturated heterocycles. The average molecular weight is 410 g/mol. The lowest BCUT2D eigenvalue weighted by atomic mass is 9.72. The van der Waals surface area contributed by atoms with Gasteiger partial charge in [-0.3, -0.25) is 4.79 Å². The molecule has 0 aliphatic carbocycles. The lowest BCUT2D eigenvalue weighted by molar-refractivity contribution is -0.118. The van der Waals surface area contributed by atoms with E-state index in [1.165, 1.54) is 16.4 Å². The number of benzene rings is 2. The van der Waals surface area contributed by atoms with E-state index in [0.29, 0.717) is 5.56 Å². The van der Waals surface area contributed by atoms with Gasteiger partial charge in [0.1, 0.15) is 5.82 Å². The molecule has 1 aliphatic heterocycles. The van der Waals surface area contributed by atoms with Crippen LogP contribution in [0.2, 0.25) is 0 Å². The predicted octanol–water partition coefficient (Wildman–Crippen LogP) is 3.93. The molecule has 0 N–H and O–H groups in total. The molecule has 0 unspecified atom stereocenters. The molecule has 2 aromatic rings. The zero-order chi connectivity index (χ0) is 19.8. The Morgan fingerprint density at radius 1 is 1.07 bits per heavy atom. The van der Waals surface area contributed by atoms with Gasteiger partial charge in [0.05, 0.1) is 10.3 Å². The first kappa shape index (κ1) is 20.0. The molecule has 1 aliphatic rings. The lowest BCUT2D eigenvalue weighted by Crippen LogP contribution is -2.48. The van der Waals surface area contributed by atoms with Crippen LogP contribution in [0, 0.1) is 19.7 Å². The maximum atomic E-state index is 13.8. The largest absolute Gasteiger partial charge is 0.280 e. The van der Waals surface area contributed by atoms with E-state index in [0.717, 1.165) is 11.1 Å². The van der Waals surface area contributed by atoms with Crippen molar-refractivity contribution < 1.29 is 17.6 Å². The van der Waals surface area contributed by atoms with Crippen LogP contribution in [0.5, 0.6) is 0 Å². The molecule has 0 radical (unpaired) electrons. The zero-order valence-corrected chi connectivity index (χ0v) is 16.8. The highest BCUT2D eigenvalue weighted by molar-refractivity contribution is 7.89. The molecule has 4 nitrogen and oxygen atoms in total. The summed E-state index contributed by atoms with van der Waals surface area (Å²) >= 11 is 5.94. The van der Waals surface area contributed by atoms with E-state index in [1.807, 2.05) is 6.92 Å². The van der Waals surface area contributed by atoms with Crippen molar-refractivity contribution in [1.82, 2.24) is 4.31 Å². The number of hydrogen-bond acceptors (Lipinski definition) is 3. The van der Waals surface area contributed by atoms with Crippen molar-refractivity contribution >= 4 is 26.9 Å². The van der Waals surface area contributed by atoms with Crippen LogP contribution in [0.15, 0.2) is 47.4 Å². The lowest BCUT2D eigenvalue weighted by Gasteiger charge is -2.39. The normalized spacial score (nSPS) is 17.6. The number of sulfonamides is 1. The van der Waals surface area contributed by atoms with E-state index in [-0.39, 0.29) is 30.8 Å². The summed E-state index contributed by atoms with van der Waals surface area (Å²) in [6.45, 7) is 3.97. The van der Waals surface area contributed by atoms with Gasteiger partial charge in [-0.2, -0.15) is 4.31 Å². The number of halogens is 2. The molecule has 27 heavy (non-hydrogen) atoms. The summed E-state index contributed by atoms with van der Waals surface area (Å²) in [5.74, 6) is -0.442. The Labute approximate surface area is 164 Å². The van der Waals surface area contributed by atoms with Gasteiger partial charge in [0.15, 0.2) is 0 Å². The van der Waals surface area contributed by atoms with Gasteiger partial charge in [0, 0.05) is 13.1 Å². The van der Waals surface area contributed by atoms with Crippen LogP contribution in [0.25, 0.3) is 0 Å². The standard InChI is InChI=1S/C20H21ClFNO3S/c1-14-3-7-17(8-4-14)27(25,26)23-11-9-20(10-12-23,19(21)24)18-13-16(22)6-5-15(18)2/h3-8,13H,9-12H2,1-2H3. The number of nitrogens with zero attached hydrogens (tertiary/aromatic N) is 1. The van der Waals surface area contributed by atoms with E-state index < -0.39 is 26.5 Å². The fraction of sp³-hybridized carbons (Fsp3) is 0.350. The average Bonchev–Trinajstić information content (AvgIpc) is 2.64. The van der Waals surface area contributed by atoms with E-state index >= 15 is 0 Å². The SMILES string of the molecule is Cc1ccc(S(=O)(=O)N2CCC(C(=O)Cl)(c3cc(F)ccc3C)CC2)cc1. The molecule has 0 atom stereocenters. The summed E-state index contributed by atoms with van der Waals surface area (Å²) < 4.78 is 40.9. The molecule has 2 aromatic carbocycles. The first-order valence-corrected chi connectivity index (χ1v) is 10.5. The Kier molecular flexibility index (Phi) is 5.43. The second-order valence-corrected chi connectivity index (χ2v) is 9.31. The molecule has 1 fully saturated rings. The van der Waals surface area contributed by atoms with Crippen molar-refractivity contribution in [3.05, 3.63) is 65.0 Å². The van der Waals surface area contributed by atoms with Gasteiger partial charge in [-0.1, -0.05) is 23.8 Å². The van der Waals surface area contributed by atoms with Crippen LogP contribution in [-0.4, -0.2) is 31.1 Å². The minimum absolute atomic E-state index is 0.143. The number of carbonyl (C=O) groups is 1. The van der Waals surface area contributed by atoms with E-state index in [9.17, 15) is 17.6 Å². The smallest absolute Gasteiger partial charge is 0.243 e. The molecule has 3 rings (SSSR count). The van der Waals surface area contributed by atoms with Crippen molar-refractivity contribution in [2.75, 3.05) is 13.1 Å². The van der Waals surface area contributed by atoms with Gasteiger partial charge in [-0.25, -0.2) is 12.8 Å². The van der Waals surface area contributed by atoms with Crippen LogP contribution in [0.1, 0.15) is 29.5 Å². The fourth-order valence-corrected chi connectivity index (χ4v) is 5.38. The number of hydrogen-bond donors (Lipinski definition) is 0. The van der Waals surface area contributed by atoms with Crippen molar-refractivity contribution in [2.45, 2.75) is 37.0 Å². The Balaban J connectivity index is 1.90. The summed E-state index contributed by atoms with van der Waals surface area (Å²) in [6.07, 6.45) is 0.426. The third-order valence-corrected chi connectivity index (χ3v) is 7.60. The number of aryl methyl sites for hydroxylation is 2. The molecule has 7 heteroatoms. The van der Waals surface area contributed by atoms with Gasteiger partial charge < -0.3 is 0 Å². The summed E-state index contributed by atoms with van der Waals surface area (Å²) in [4.78, 5) is 12.5. The Bertz CT molecular complexity index is 965. The fourth-order valence-electron chi connectivity index (χ4n) is 3.65. The van der Waals surface area contributed by atoms with Gasteiger partial charge >= 0.3 is 0 Å². The first-order valence-electron chi connectivity index (χ1n) is 8.70. The first-order chi connectivity index (χ1) is 12.7. The molecule has 0 aromatic heterocycles. The minimum atomic E-state index is -3.65. The number of rotatable bonds is 4. The Hall–Kier alpha value is -1.76. The Morgan fingerprint density at radius 3 is 2.22 bits per heavy atom. The summed E-state index contributed by atoms with van der Waals surface area (Å²) in [6, 6.07) is 10.9. The molecular formula is C20H21ClFNO3S. The van der Waals surface area contributed by atoms with Gasteiger partial charge in [0.25, 0.3) is 0 Å². The maximum absolute atomic E-state index is 13.8. The van der Waals surface area contributed by atoms with Gasteiger partial charge in [-0.15, -0.1) is 0 Å². The van der Waals surface area contributed by atoms with E-state index in [4.69, 9.17) is 11.6 Å². The zero-order valence-electron chi connectivity index (χ0n) is 15.2. The van der Waals surface area contributed by atoms with Crippen LogP contribution < -0.4 is 0 Å². The topological polar surface area (TPSA) is 54.5 Å². The van der Waals surface area contributed by atoms with Crippen LogP contribution in [0.3, 0.4) is 0 Å². The number of carbonyl (C=O) groups excluding carboxylic acids is 1. The van der Waals surface area contributed by atoms with Crippen molar-refractivity contribution in [3.63, 3.8) is 0 Å². The van der Waals surface area contributed by atoms with Gasteiger partial charge in [-0.05, 0) is 73.7 Å². The highest BCUT2D eigenvalue weighted by Gasteiger charge is 2.45. The molecule has 0 bridgehead atoms. The summed E-state index contributed by atoms with van der Waals surface area (Å²) in [5, 5.41) is -0.580. The quantitative estimate of drug-likeness (QED) is 0.719. The molecule has 1 heterocycles. The third-order valence-electron chi connectivity index (χ3n) is 5.33. The third kappa shape index (κ3) is 3.66. The van der Waals surface area contributed by atoms with Crippen LogP contribution in [0.4, 0.5) is 4.39 Å². The van der Waals surface area contributed by atoms with Crippen molar-refractivity contribution in [3.8, 4) is 0 Å². The van der Waals surface area contributed by atoms with E-state index in [1.54, 1.807) is 37.3 Å². The molecule has 0 spiro atoms. The second kappa shape index (κ2) is 7.34. The van der Waals surface area contributed by atoms with E-state index in [2.05, 4.69) is 0 Å². The second-order valence-electron chi connectivity index (χ2n) is 7.03. The molecule has 144 valence electrons. The summed E-state index contributed by atoms with van der Waals surface area (Å²) in [5.41, 5.74) is 1.20. The number of piperidine rings is 1. The molecule has 0 saturated carbocycles. The van der Waals surface area contributed by atoms with Crippen molar-refractivity contribution in [1.29, 1.82) is 0 Å². The minimum Gasteiger partial charge on any atom is -0.280 e. The summed E-state index contributed by atoms with van der Waals surface area (Å²) in [7, 11) is -3.65.